The molecular formula is C33H30BiN3Se3. The third-order valence-corrected chi connectivity index (χ3v) is 8.49. The molecule has 0 bridgehead atoms. The minimum absolute atomic E-state index is 0. The van der Waals surface area contributed by atoms with E-state index in [1.54, 1.807) is 0 Å². The van der Waals surface area contributed by atoms with E-state index >= 15 is 0 Å². The largest absolute Gasteiger partial charge is 0 e. The first-order chi connectivity index (χ1) is 18.5. The summed E-state index contributed by atoms with van der Waals surface area (Å²) in [6.45, 7) is 12.4. The molecule has 0 spiro atoms. The number of benzene rings is 3. The fraction of sp³-hybridized carbons (Fsp3) is 0.182. The monoisotopic (exact) mass is 917 g/mol. The van der Waals surface area contributed by atoms with Gasteiger partial charge in [0.15, 0.2) is 0 Å². The second kappa shape index (κ2) is 14.5. The fourth-order valence-electron chi connectivity index (χ4n) is 4.67. The summed E-state index contributed by atoms with van der Waals surface area (Å²) in [6.07, 6.45) is 0. The van der Waals surface area contributed by atoms with Crippen LogP contribution < -0.4 is 13.4 Å². The van der Waals surface area contributed by atoms with Gasteiger partial charge in [0.25, 0.3) is 0 Å². The van der Waals surface area contributed by atoms with Crippen LogP contribution in [0.5, 0.6) is 0 Å². The number of pyridine rings is 3. The third-order valence-electron chi connectivity index (χ3n) is 6.41. The molecule has 3 aromatic heterocycles. The van der Waals surface area contributed by atoms with Crippen LogP contribution in [0, 0.1) is 41.5 Å². The SMILES string of the molecule is Cc1cc(C)c2cccc([Se])c2n1.Cc1cc(C)c2cccc([Se])c2n1.Cc1cc(C)c2cccc([Se])c2n1.[Bi]. The first-order valence-corrected chi connectivity index (χ1v) is 15.2. The molecule has 0 aliphatic heterocycles. The van der Waals surface area contributed by atoms with Crippen LogP contribution in [0.25, 0.3) is 32.7 Å². The molecular weight excluding hydrogens is 884 g/mol. The Hall–Kier alpha value is -1.67. The molecule has 0 fully saturated rings. The van der Waals surface area contributed by atoms with Crippen molar-refractivity contribution >= 4 is 120 Å². The number of hydrogen-bond donors (Lipinski definition) is 0. The Morgan fingerprint density at radius 2 is 0.675 bits per heavy atom. The first kappa shape index (κ1) is 32.8. The number of hydrogen-bond acceptors (Lipinski definition) is 3. The Morgan fingerprint density at radius 3 is 0.925 bits per heavy atom. The molecule has 0 saturated heterocycles. The van der Waals surface area contributed by atoms with E-state index in [1.165, 1.54) is 32.8 Å². The Labute approximate surface area is 281 Å². The van der Waals surface area contributed by atoms with E-state index < -0.39 is 0 Å². The van der Waals surface area contributed by atoms with Crippen molar-refractivity contribution < 1.29 is 0 Å². The second-order valence-corrected chi connectivity index (χ2v) is 12.5. The van der Waals surface area contributed by atoms with Crippen molar-refractivity contribution in [1.29, 1.82) is 0 Å². The molecule has 3 heterocycles. The Morgan fingerprint density at radius 1 is 0.425 bits per heavy atom. The molecule has 6 aromatic rings. The third kappa shape index (κ3) is 7.78. The van der Waals surface area contributed by atoms with E-state index in [2.05, 4.69) is 138 Å². The molecule has 0 aliphatic carbocycles. The summed E-state index contributed by atoms with van der Waals surface area (Å²) in [5, 5.41) is 3.71. The number of fused-ring (bicyclic) bond motifs is 3. The summed E-state index contributed by atoms with van der Waals surface area (Å²) in [4.78, 5) is 13.5. The van der Waals surface area contributed by atoms with Gasteiger partial charge in [0.1, 0.15) is 0 Å². The van der Waals surface area contributed by atoms with E-state index in [-0.39, 0.29) is 26.2 Å². The van der Waals surface area contributed by atoms with Crippen molar-refractivity contribution in [3.8, 4) is 0 Å². The molecule has 0 N–H and O–H groups in total. The van der Waals surface area contributed by atoms with Crippen molar-refractivity contribution in [1.82, 2.24) is 15.0 Å². The van der Waals surface area contributed by atoms with Gasteiger partial charge in [0, 0.05) is 26.2 Å². The van der Waals surface area contributed by atoms with E-state index in [0.717, 1.165) is 47.0 Å². The average Bonchev–Trinajstić information content (AvgIpc) is 2.87. The van der Waals surface area contributed by atoms with Crippen LogP contribution in [0.15, 0.2) is 72.8 Å². The molecule has 3 aromatic carbocycles. The van der Waals surface area contributed by atoms with Crippen molar-refractivity contribution in [2.24, 2.45) is 0 Å². The van der Waals surface area contributed by atoms with Crippen LogP contribution in [0.2, 0.25) is 0 Å². The van der Waals surface area contributed by atoms with Gasteiger partial charge in [0.05, 0.1) is 0 Å². The molecule has 6 radical (unpaired) electrons. The second-order valence-electron chi connectivity index (χ2n) is 9.70. The number of rotatable bonds is 0. The topological polar surface area (TPSA) is 38.7 Å². The quantitative estimate of drug-likeness (QED) is 0.210. The fourth-order valence-corrected chi connectivity index (χ4v) is 6.14. The molecule has 7 heteroatoms. The summed E-state index contributed by atoms with van der Waals surface area (Å²) in [7, 11) is 0. The van der Waals surface area contributed by atoms with Crippen molar-refractivity contribution in [2.45, 2.75) is 41.5 Å². The maximum absolute atomic E-state index is 4.50. The van der Waals surface area contributed by atoms with Gasteiger partial charge in [-0.1, -0.05) is 0 Å². The molecule has 0 amide bonds. The Bertz CT molecular complexity index is 1610. The van der Waals surface area contributed by atoms with Gasteiger partial charge < -0.3 is 0 Å². The smallest absolute Gasteiger partial charge is 0 e. The van der Waals surface area contributed by atoms with E-state index in [4.69, 9.17) is 0 Å². The molecule has 3 nitrogen and oxygen atoms in total. The number of para-hydroxylation sites is 3. The summed E-state index contributed by atoms with van der Waals surface area (Å²) >= 11 is 9.11. The summed E-state index contributed by atoms with van der Waals surface area (Å²) < 4.78 is 3.39. The van der Waals surface area contributed by atoms with Crippen LogP contribution >= 0.6 is 0 Å². The molecule has 200 valence electrons. The normalized spacial score (nSPS) is 10.3. The standard InChI is InChI=1S/3C11H10NSe.Bi/c3*1-7-6-8(2)12-11-9(7)4-3-5-10(11)13;/h3*3-6H,1-2H3;. The van der Waals surface area contributed by atoms with Crippen LogP contribution in [-0.2, 0) is 0 Å². The Balaban J connectivity index is 0.000000163. The number of aryl methyl sites for hydroxylation is 6. The maximum Gasteiger partial charge on any atom is 0 e. The molecule has 6 rings (SSSR count). The van der Waals surface area contributed by atoms with Gasteiger partial charge in [-0.15, -0.1) is 0 Å². The first-order valence-electron chi connectivity index (χ1n) is 12.7. The van der Waals surface area contributed by atoms with Gasteiger partial charge in [0.2, 0.25) is 0 Å². The summed E-state index contributed by atoms with van der Waals surface area (Å²) in [6, 6.07) is 25.0. The maximum atomic E-state index is 4.50. The van der Waals surface area contributed by atoms with Gasteiger partial charge in [-0.2, -0.15) is 0 Å². The molecule has 0 saturated carbocycles. The molecule has 0 aliphatic rings. The number of nitrogens with zero attached hydrogens (tertiary/aromatic N) is 3. The Kier molecular flexibility index (Phi) is 11.9. The van der Waals surface area contributed by atoms with Gasteiger partial charge in [-0.05, 0) is 0 Å². The van der Waals surface area contributed by atoms with Crippen molar-refractivity contribution in [3.63, 3.8) is 0 Å². The predicted octanol–water partition coefficient (Wildman–Crippen LogP) is 4.56. The van der Waals surface area contributed by atoms with Crippen molar-refractivity contribution in [2.75, 3.05) is 0 Å². The molecule has 0 atom stereocenters. The number of aromatic nitrogens is 3. The van der Waals surface area contributed by atoms with Crippen LogP contribution in [0.4, 0.5) is 0 Å². The van der Waals surface area contributed by atoms with Gasteiger partial charge in [-0.25, -0.2) is 0 Å². The van der Waals surface area contributed by atoms with E-state index in [0.29, 0.717) is 0 Å². The zero-order chi connectivity index (χ0) is 28.3. The van der Waals surface area contributed by atoms with Gasteiger partial charge in [-0.3, -0.25) is 0 Å². The van der Waals surface area contributed by atoms with E-state index in [1.807, 2.05) is 39.0 Å². The zero-order valence-corrected chi connectivity index (χ0v) is 32.1. The zero-order valence-electron chi connectivity index (χ0n) is 23.4. The molecule has 40 heavy (non-hydrogen) atoms. The average molecular weight is 914 g/mol. The summed E-state index contributed by atoms with van der Waals surface area (Å²) in [5.41, 5.74) is 10.4. The summed E-state index contributed by atoms with van der Waals surface area (Å²) in [5.74, 6) is 0. The van der Waals surface area contributed by atoms with Crippen LogP contribution in [-0.4, -0.2) is 89.2 Å². The van der Waals surface area contributed by atoms with E-state index in [9.17, 15) is 0 Å². The van der Waals surface area contributed by atoms with Crippen LogP contribution in [0.3, 0.4) is 0 Å². The van der Waals surface area contributed by atoms with Gasteiger partial charge >= 0.3 is 257 Å². The van der Waals surface area contributed by atoms with Crippen molar-refractivity contribution in [3.05, 3.63) is 107 Å². The minimum atomic E-state index is 0. The van der Waals surface area contributed by atoms with Crippen LogP contribution in [0.1, 0.15) is 33.8 Å². The minimum Gasteiger partial charge on any atom is 0 e. The molecule has 0 unspecified atom stereocenters. The predicted molar refractivity (Wildman–Crippen MR) is 176 cm³/mol.